The van der Waals surface area contributed by atoms with Gasteiger partial charge in [0.15, 0.2) is 8.32 Å². The summed E-state index contributed by atoms with van der Waals surface area (Å²) in [5, 5.41) is 9.12. The minimum Gasteiger partial charge on any atom is -0.444 e. The number of carbonyl (C=O) groups is 1. The first-order chi connectivity index (χ1) is 20.6. The molecule has 2 heterocycles. The summed E-state index contributed by atoms with van der Waals surface area (Å²) in [7, 11) is -0.0629. The monoisotopic (exact) mass is 632 g/mol. The van der Waals surface area contributed by atoms with Gasteiger partial charge in [0.2, 0.25) is 0 Å². The first-order valence-corrected chi connectivity index (χ1v) is 20.5. The van der Waals surface area contributed by atoms with Crippen molar-refractivity contribution in [3.8, 4) is 0 Å². The van der Waals surface area contributed by atoms with Gasteiger partial charge in [-0.05, 0) is 114 Å². The van der Waals surface area contributed by atoms with Crippen molar-refractivity contribution in [1.82, 2.24) is 20.0 Å². The third-order valence-electron chi connectivity index (χ3n) is 10.8. The molecule has 0 radical (unpaired) electrons. The Kier molecular flexibility index (Phi) is 11.7. The highest BCUT2D eigenvalue weighted by Gasteiger charge is 2.50. The van der Waals surface area contributed by atoms with Gasteiger partial charge in [0.1, 0.15) is 11.8 Å². The molecule has 0 aromatic carbocycles. The van der Waals surface area contributed by atoms with E-state index in [4.69, 9.17) is 19.0 Å². The zero-order valence-electron chi connectivity index (χ0n) is 29.6. The lowest BCUT2D eigenvalue weighted by Crippen LogP contribution is -2.52. The zero-order chi connectivity index (χ0) is 32.2. The predicted molar refractivity (Wildman–Crippen MR) is 181 cm³/mol. The van der Waals surface area contributed by atoms with Crippen LogP contribution in [0.4, 0.5) is 4.79 Å². The maximum atomic E-state index is 12.3. The van der Waals surface area contributed by atoms with Crippen molar-refractivity contribution in [2.24, 2.45) is 5.41 Å². The molecule has 2 aliphatic carbocycles. The summed E-state index contributed by atoms with van der Waals surface area (Å²) >= 11 is 0. The Bertz CT molecular complexity index is 1060. The quantitative estimate of drug-likeness (QED) is 0.207. The highest BCUT2D eigenvalue weighted by atomic mass is 28.4. The summed E-state index contributed by atoms with van der Waals surface area (Å²) in [4.78, 5) is 14.0. The Morgan fingerprint density at radius 3 is 2.43 bits per heavy atom. The van der Waals surface area contributed by atoms with Crippen LogP contribution in [-0.2, 0) is 20.3 Å². The zero-order valence-corrected chi connectivity index (χ0v) is 30.6. The van der Waals surface area contributed by atoms with Crippen molar-refractivity contribution >= 4 is 14.4 Å². The van der Waals surface area contributed by atoms with Crippen LogP contribution >= 0.6 is 0 Å². The van der Waals surface area contributed by atoms with E-state index in [0.717, 1.165) is 51.8 Å². The Morgan fingerprint density at radius 1 is 1.07 bits per heavy atom. The van der Waals surface area contributed by atoms with E-state index in [9.17, 15) is 4.79 Å². The summed E-state index contributed by atoms with van der Waals surface area (Å²) in [5.74, 6) is 0.463. The van der Waals surface area contributed by atoms with Gasteiger partial charge in [-0.3, -0.25) is 0 Å². The van der Waals surface area contributed by atoms with E-state index in [2.05, 4.69) is 50.1 Å². The number of nitrogens with one attached hydrogen (secondary N) is 1. The largest absolute Gasteiger partial charge is 0.444 e. The second kappa shape index (κ2) is 14.6. The average Bonchev–Trinajstić information content (AvgIpc) is 3.37. The minimum absolute atomic E-state index is 0.0496. The number of carbonyl (C=O) groups excluding carboxylic acids is 1. The van der Waals surface area contributed by atoms with Crippen LogP contribution in [0.25, 0.3) is 0 Å². The van der Waals surface area contributed by atoms with Crippen molar-refractivity contribution in [1.29, 1.82) is 0 Å². The number of likely N-dealkylation sites (N-methyl/N-ethyl adjacent to an activating group) is 1. The van der Waals surface area contributed by atoms with Crippen molar-refractivity contribution in [2.75, 3.05) is 33.3 Å². The molecule has 2 saturated carbocycles. The molecular weight excluding hydrogens is 568 g/mol. The molecular formula is C35H64N4O4Si. The molecule has 1 aromatic rings. The molecule has 0 bridgehead atoms. The summed E-state index contributed by atoms with van der Waals surface area (Å²) in [6.45, 7) is 20.7. The molecule has 1 unspecified atom stereocenters. The Balaban J connectivity index is 1.46. The molecule has 8 nitrogen and oxygen atoms in total. The fraction of sp³-hybridized carbons (Fsp3) is 0.886. The minimum atomic E-state index is -1.86. The van der Waals surface area contributed by atoms with Crippen LogP contribution in [0.15, 0.2) is 6.20 Å². The van der Waals surface area contributed by atoms with E-state index in [-0.39, 0.29) is 22.8 Å². The highest BCUT2D eigenvalue weighted by molar-refractivity contribution is 6.74. The van der Waals surface area contributed by atoms with Crippen molar-refractivity contribution in [3.63, 3.8) is 0 Å². The van der Waals surface area contributed by atoms with E-state index in [1.165, 1.54) is 56.2 Å². The van der Waals surface area contributed by atoms with E-state index in [1.807, 2.05) is 20.8 Å². The maximum Gasteiger partial charge on any atom is 0.410 e. The second-order valence-electron chi connectivity index (χ2n) is 16.5. The summed E-state index contributed by atoms with van der Waals surface area (Å²) in [6, 6.07) is 0. The lowest BCUT2D eigenvalue weighted by Gasteiger charge is -2.52. The Hall–Kier alpha value is -1.42. The lowest BCUT2D eigenvalue weighted by molar-refractivity contribution is -0.0420. The van der Waals surface area contributed by atoms with E-state index in [0.29, 0.717) is 18.6 Å². The highest BCUT2D eigenvalue weighted by Crippen LogP contribution is 2.55. The van der Waals surface area contributed by atoms with Gasteiger partial charge in [0, 0.05) is 38.9 Å². The van der Waals surface area contributed by atoms with E-state index < -0.39 is 13.9 Å². The molecule has 1 N–H and O–H groups in total. The molecule has 1 aromatic heterocycles. The van der Waals surface area contributed by atoms with Crippen molar-refractivity contribution in [3.05, 3.63) is 17.5 Å². The molecule has 3 fully saturated rings. The average molecular weight is 633 g/mol. The van der Waals surface area contributed by atoms with Gasteiger partial charge in [-0.1, -0.05) is 40.0 Å². The van der Waals surface area contributed by atoms with Crippen molar-refractivity contribution < 1.29 is 18.7 Å². The summed E-state index contributed by atoms with van der Waals surface area (Å²) in [6.07, 6.45) is 16.8. The van der Waals surface area contributed by atoms with Gasteiger partial charge in [-0.25, -0.2) is 9.48 Å². The Morgan fingerprint density at radius 2 is 1.80 bits per heavy atom. The van der Waals surface area contributed by atoms with Crippen LogP contribution in [-0.4, -0.2) is 74.1 Å². The number of aromatic nitrogens is 2. The van der Waals surface area contributed by atoms with Gasteiger partial charge in [-0.2, -0.15) is 5.10 Å². The molecule has 9 heteroatoms. The van der Waals surface area contributed by atoms with Gasteiger partial charge >= 0.3 is 6.09 Å². The normalized spacial score (nSPS) is 24.8. The van der Waals surface area contributed by atoms with Crippen LogP contribution in [0.3, 0.4) is 0 Å². The van der Waals surface area contributed by atoms with Gasteiger partial charge in [0.25, 0.3) is 0 Å². The molecule has 3 atom stereocenters. The first-order valence-electron chi connectivity index (χ1n) is 17.6. The number of rotatable bonds is 10. The van der Waals surface area contributed by atoms with Gasteiger partial charge in [-0.15, -0.1) is 0 Å². The SMILES string of the molecule is CN(CCNCCc1cn(C2CCCCO2)nc1[C@H]1CC[C@H](O[Si](C)(C)C(C)(C)C)C2(CCCCC2)C1)C(=O)OC(C)(C)C. The maximum absolute atomic E-state index is 12.3. The summed E-state index contributed by atoms with van der Waals surface area (Å²) in [5.41, 5.74) is 2.43. The lowest BCUT2D eigenvalue weighted by atomic mass is 9.60. The van der Waals surface area contributed by atoms with E-state index in [1.54, 1.807) is 11.9 Å². The molecule has 252 valence electrons. The van der Waals surface area contributed by atoms with Crippen LogP contribution < -0.4 is 5.32 Å². The van der Waals surface area contributed by atoms with Crippen LogP contribution in [0.5, 0.6) is 0 Å². The third kappa shape index (κ3) is 9.10. The second-order valence-corrected chi connectivity index (χ2v) is 21.3. The predicted octanol–water partition coefficient (Wildman–Crippen LogP) is 8.19. The van der Waals surface area contributed by atoms with Crippen LogP contribution in [0, 0.1) is 5.41 Å². The Labute approximate surface area is 269 Å². The van der Waals surface area contributed by atoms with Crippen LogP contribution in [0.1, 0.15) is 136 Å². The van der Waals surface area contributed by atoms with Crippen LogP contribution in [0.2, 0.25) is 18.1 Å². The number of hydrogen-bond acceptors (Lipinski definition) is 6. The standard InChI is InChI=1S/C35H64N4O4Si/c1-33(2,3)42-32(40)38(7)23-22-36-21-18-28-26-39(30-15-11-14-24-41-30)37-31(28)27-16-17-29(43-44(8,9)34(4,5)6)35(25-27)19-12-10-13-20-35/h26-27,29-30,36H,10-25H2,1-9H3/t27-,29-,30?/m0/s1. The third-order valence-corrected chi connectivity index (χ3v) is 15.3. The molecule has 4 rings (SSSR count). The molecule has 1 saturated heterocycles. The first kappa shape index (κ1) is 35.4. The number of amides is 1. The summed E-state index contributed by atoms with van der Waals surface area (Å²) < 4.78 is 21.1. The number of hydrogen-bond donors (Lipinski definition) is 1. The van der Waals surface area contributed by atoms with Gasteiger partial charge < -0.3 is 24.1 Å². The number of nitrogens with zero attached hydrogens (tertiary/aromatic N) is 3. The fourth-order valence-electron chi connectivity index (χ4n) is 7.20. The smallest absolute Gasteiger partial charge is 0.410 e. The molecule has 1 spiro atoms. The topological polar surface area (TPSA) is 77.9 Å². The van der Waals surface area contributed by atoms with Gasteiger partial charge in [0.05, 0.1) is 11.8 Å². The fourth-order valence-corrected chi connectivity index (χ4v) is 8.63. The molecule has 1 amide bonds. The molecule has 1 aliphatic heterocycles. The molecule has 44 heavy (non-hydrogen) atoms. The van der Waals surface area contributed by atoms with E-state index >= 15 is 0 Å². The van der Waals surface area contributed by atoms with Crippen molar-refractivity contribution in [2.45, 2.75) is 161 Å². The molecule has 3 aliphatic rings. The number of ether oxygens (including phenoxy) is 2.